The zero-order chi connectivity index (χ0) is 35.3. The molecular weight excluding hydrogens is 641 g/mol. The first-order chi connectivity index (χ1) is 24.1. The average Bonchev–Trinajstić information content (AvgIpc) is 3.58. The highest BCUT2D eigenvalue weighted by Gasteiger charge is 2.51. The van der Waals surface area contributed by atoms with Gasteiger partial charge in [0.1, 0.15) is 42.0 Å². The van der Waals surface area contributed by atoms with Gasteiger partial charge in [-0.25, -0.2) is 4.39 Å². The number of carbonyl (C=O) groups is 2. The fraction of sp³-hybridized carbons (Fsp3) is 0.447. The molecule has 0 aliphatic carbocycles. The van der Waals surface area contributed by atoms with Gasteiger partial charge in [-0.2, -0.15) is 0 Å². The maximum Gasteiger partial charge on any atom is 0.242 e. The Morgan fingerprint density at radius 1 is 1.12 bits per heavy atom. The summed E-state index contributed by atoms with van der Waals surface area (Å²) in [6.45, 7) is 4.72. The first-order valence-electron chi connectivity index (χ1n) is 17.2. The van der Waals surface area contributed by atoms with E-state index in [1.54, 1.807) is 18.5 Å². The van der Waals surface area contributed by atoms with Crippen LogP contribution in [0.1, 0.15) is 49.6 Å². The molecule has 0 saturated carbocycles. The Kier molecular flexibility index (Phi) is 10.8. The highest BCUT2D eigenvalue weighted by molar-refractivity contribution is 5.87. The third-order valence-electron chi connectivity index (χ3n) is 10.1. The minimum atomic E-state index is -1.18. The van der Waals surface area contributed by atoms with Crippen LogP contribution in [-0.2, 0) is 21.5 Å². The van der Waals surface area contributed by atoms with Crippen LogP contribution in [0.2, 0.25) is 0 Å². The summed E-state index contributed by atoms with van der Waals surface area (Å²) in [6.07, 6.45) is 2.06. The van der Waals surface area contributed by atoms with Crippen LogP contribution in [0, 0.1) is 0 Å². The molecule has 4 heterocycles. The smallest absolute Gasteiger partial charge is 0.242 e. The fourth-order valence-corrected chi connectivity index (χ4v) is 7.17. The highest BCUT2D eigenvalue weighted by Crippen LogP contribution is 2.38. The number of nitrogens with one attached hydrogen (secondary N) is 2. The summed E-state index contributed by atoms with van der Waals surface area (Å²) in [4.78, 5) is 35.8. The number of nitrogens with zero attached hydrogens (tertiary/aromatic N) is 3. The number of halogens is 1. The molecule has 0 unspecified atom stereocenters. The van der Waals surface area contributed by atoms with Crippen LogP contribution >= 0.6 is 0 Å². The lowest BCUT2D eigenvalue weighted by Gasteiger charge is -2.53. The van der Waals surface area contributed by atoms with Crippen molar-refractivity contribution < 1.29 is 33.3 Å². The van der Waals surface area contributed by atoms with E-state index in [1.165, 1.54) is 0 Å². The number of aliphatic hydroxyl groups excluding tert-OH is 2. The Hall–Kier alpha value is -4.36. The van der Waals surface area contributed by atoms with Crippen LogP contribution in [0.4, 0.5) is 4.39 Å². The number of carbonyl (C=O) groups excluding carboxylic acids is 2. The molecular formula is C38H46FN5O6. The van der Waals surface area contributed by atoms with Gasteiger partial charge in [0.05, 0.1) is 17.7 Å². The van der Waals surface area contributed by atoms with E-state index < -0.39 is 36.0 Å². The number of pyridine rings is 1. The molecule has 12 heteroatoms. The lowest BCUT2D eigenvalue weighted by molar-refractivity contribution is -0.144. The topological polar surface area (TPSA) is 140 Å². The molecule has 2 amide bonds. The summed E-state index contributed by atoms with van der Waals surface area (Å²) in [5, 5.41) is 28.6. The molecule has 11 nitrogen and oxygen atoms in total. The number of piperazine rings is 1. The number of β-amino-alcohol motifs (C(OH)–C–C–N with tert-alkyl or cyclic N) is 1. The van der Waals surface area contributed by atoms with Crippen molar-refractivity contribution in [1.82, 2.24) is 25.4 Å². The normalized spacial score (nSPS) is 22.0. The summed E-state index contributed by atoms with van der Waals surface area (Å²) >= 11 is 0. The molecule has 2 aliphatic rings. The number of fused-ring (bicyclic) bond motifs is 2. The van der Waals surface area contributed by atoms with Crippen molar-refractivity contribution >= 4 is 22.8 Å². The van der Waals surface area contributed by atoms with Gasteiger partial charge in [0.2, 0.25) is 11.8 Å². The van der Waals surface area contributed by atoms with E-state index in [0.717, 1.165) is 22.3 Å². The second kappa shape index (κ2) is 15.3. The maximum atomic E-state index is 14.3. The number of para-hydroxylation sites is 1. The maximum absolute atomic E-state index is 14.3. The molecule has 266 valence electrons. The number of alkyl halides is 1. The molecule has 4 atom stereocenters. The summed E-state index contributed by atoms with van der Waals surface area (Å²) in [7, 11) is 0. The van der Waals surface area contributed by atoms with Crippen molar-refractivity contribution in [3.05, 3.63) is 96.0 Å². The van der Waals surface area contributed by atoms with Crippen LogP contribution in [-0.4, -0.2) is 101 Å². The van der Waals surface area contributed by atoms with E-state index in [2.05, 4.69) is 34.4 Å². The number of furan rings is 1. The van der Waals surface area contributed by atoms with E-state index in [4.69, 9.17) is 9.15 Å². The van der Waals surface area contributed by atoms with E-state index >= 15 is 0 Å². The molecule has 1 saturated heterocycles. The monoisotopic (exact) mass is 687 g/mol. The average molecular weight is 688 g/mol. The third kappa shape index (κ3) is 7.53. The molecule has 2 aliphatic heterocycles. The van der Waals surface area contributed by atoms with Crippen LogP contribution in [0.15, 0.2) is 83.5 Å². The quantitative estimate of drug-likeness (QED) is 0.166. The van der Waals surface area contributed by atoms with Crippen molar-refractivity contribution in [3.8, 4) is 5.75 Å². The molecule has 0 spiro atoms. The van der Waals surface area contributed by atoms with Crippen LogP contribution < -0.4 is 15.4 Å². The number of aliphatic hydroxyl groups is 2. The number of hydrogen-bond donors (Lipinski definition) is 4. The molecule has 0 bridgehead atoms. The zero-order valence-electron chi connectivity index (χ0n) is 28.6. The van der Waals surface area contributed by atoms with Crippen molar-refractivity contribution in [3.63, 3.8) is 0 Å². The van der Waals surface area contributed by atoms with Gasteiger partial charge in [0, 0.05) is 68.9 Å². The highest BCUT2D eigenvalue weighted by atomic mass is 19.1. The third-order valence-corrected chi connectivity index (χ3v) is 10.1. The summed E-state index contributed by atoms with van der Waals surface area (Å²) in [6, 6.07) is 20.1. The Labute approximate surface area is 291 Å². The lowest BCUT2D eigenvalue weighted by Crippen LogP contribution is -2.72. The first kappa shape index (κ1) is 35.5. The molecule has 2 aromatic carbocycles. The van der Waals surface area contributed by atoms with Crippen LogP contribution in [0.25, 0.3) is 11.0 Å². The molecule has 1 fully saturated rings. The van der Waals surface area contributed by atoms with Gasteiger partial charge in [-0.3, -0.25) is 24.4 Å². The standard InChI is InChI=1S/C38H46FN5O6/c1-37(2,33-20-27-22-40-16-14-31(27)50-33)44-19-18-43(38(25-44,36(48)41-17-15-39)21-26-8-4-3-5-9-26)23-28(45)12-13-34(47)42-35-29-10-6-7-11-32(29)49-24-30(35)46/h3-11,14,16,20,22,28,30,35,45-46H,12-13,15,17-19,21,23-25H2,1-2H3,(H,41,48)(H,42,47)/t28-,30+,35-,38-/m0/s1. The predicted octanol–water partition coefficient (Wildman–Crippen LogP) is 3.50. The summed E-state index contributed by atoms with van der Waals surface area (Å²) in [5.74, 6) is 0.706. The van der Waals surface area contributed by atoms with Gasteiger partial charge in [0.15, 0.2) is 0 Å². The Morgan fingerprint density at radius 2 is 1.90 bits per heavy atom. The van der Waals surface area contributed by atoms with Crippen molar-refractivity contribution in [2.24, 2.45) is 0 Å². The predicted molar refractivity (Wildman–Crippen MR) is 186 cm³/mol. The fourth-order valence-electron chi connectivity index (χ4n) is 7.17. The van der Waals surface area contributed by atoms with Crippen molar-refractivity contribution in [1.29, 1.82) is 0 Å². The van der Waals surface area contributed by atoms with E-state index in [1.807, 2.05) is 65.6 Å². The number of rotatable bonds is 13. The molecule has 4 aromatic rings. The van der Waals surface area contributed by atoms with Crippen LogP contribution in [0.5, 0.6) is 5.75 Å². The SMILES string of the molecule is CC(C)(c1cc2cnccc2o1)N1CCN(C[C@@H](O)CCC(=O)N[C@H]2c3ccccc3OC[C@H]2O)[C@](Cc2ccccc2)(C(=O)NCCF)C1. The van der Waals surface area contributed by atoms with Crippen LogP contribution in [0.3, 0.4) is 0 Å². The lowest BCUT2D eigenvalue weighted by atomic mass is 9.82. The van der Waals surface area contributed by atoms with Gasteiger partial charge in [-0.1, -0.05) is 48.5 Å². The van der Waals surface area contributed by atoms with Crippen molar-refractivity contribution in [2.45, 2.75) is 62.4 Å². The Bertz CT molecular complexity index is 1740. The number of benzene rings is 2. The van der Waals surface area contributed by atoms with E-state index in [0.29, 0.717) is 30.8 Å². The Morgan fingerprint density at radius 3 is 2.68 bits per heavy atom. The van der Waals surface area contributed by atoms with Crippen molar-refractivity contribution in [2.75, 3.05) is 46.0 Å². The number of amides is 2. The second-order valence-electron chi connectivity index (χ2n) is 13.7. The first-order valence-corrected chi connectivity index (χ1v) is 17.2. The summed E-state index contributed by atoms with van der Waals surface area (Å²) < 4.78 is 25.3. The number of aromatic nitrogens is 1. The minimum Gasteiger partial charge on any atom is -0.490 e. The second-order valence-corrected chi connectivity index (χ2v) is 13.7. The molecule has 0 radical (unpaired) electrons. The van der Waals surface area contributed by atoms with Gasteiger partial charge >= 0.3 is 0 Å². The van der Waals surface area contributed by atoms with Gasteiger partial charge < -0.3 is 30.0 Å². The molecule has 50 heavy (non-hydrogen) atoms. The Balaban J connectivity index is 1.22. The number of hydrogen-bond acceptors (Lipinski definition) is 9. The largest absolute Gasteiger partial charge is 0.490 e. The van der Waals surface area contributed by atoms with Gasteiger partial charge in [-0.05, 0) is 44.0 Å². The van der Waals surface area contributed by atoms with E-state index in [9.17, 15) is 24.2 Å². The van der Waals surface area contributed by atoms with Gasteiger partial charge in [0.25, 0.3) is 0 Å². The summed E-state index contributed by atoms with van der Waals surface area (Å²) in [5.41, 5.74) is 0.536. The van der Waals surface area contributed by atoms with Gasteiger partial charge in [-0.15, -0.1) is 0 Å². The zero-order valence-corrected chi connectivity index (χ0v) is 28.6. The molecule has 2 aromatic heterocycles. The number of ether oxygens (including phenoxy) is 1. The molecule has 6 rings (SSSR count). The molecule has 4 N–H and O–H groups in total. The van der Waals surface area contributed by atoms with E-state index in [-0.39, 0.29) is 50.9 Å². The minimum absolute atomic E-state index is 0.0149.